The van der Waals surface area contributed by atoms with Crippen LogP contribution in [-0.2, 0) is 4.79 Å². The summed E-state index contributed by atoms with van der Waals surface area (Å²) in [6.07, 6.45) is 2.02. The van der Waals surface area contributed by atoms with Crippen LogP contribution in [0.4, 0.5) is 0 Å². The predicted molar refractivity (Wildman–Crippen MR) is 74.3 cm³/mol. The van der Waals surface area contributed by atoms with E-state index in [1.54, 1.807) is 0 Å². The second-order valence-electron chi connectivity index (χ2n) is 6.17. The van der Waals surface area contributed by atoms with Crippen molar-refractivity contribution >= 4 is 6.29 Å². The van der Waals surface area contributed by atoms with Crippen LogP contribution in [0.1, 0.15) is 41.0 Å². The lowest BCUT2D eigenvalue weighted by Crippen LogP contribution is -2.49. The lowest BCUT2D eigenvalue weighted by Gasteiger charge is -2.42. The Kier molecular flexibility index (Phi) is 6.35. The topological polar surface area (TPSA) is 23.6 Å². The van der Waals surface area contributed by atoms with E-state index in [1.807, 2.05) is 14.1 Å². The first-order valence-electron chi connectivity index (χ1n) is 6.57. The molecule has 0 aromatic rings. The van der Waals surface area contributed by atoms with Crippen molar-refractivity contribution < 1.29 is 4.79 Å². The minimum Gasteiger partial charge on any atom is -0.308 e. The fourth-order valence-electron chi connectivity index (χ4n) is 3.04. The summed E-state index contributed by atoms with van der Waals surface area (Å²) in [6.45, 7) is 13.7. The Balaban J connectivity index is 4.80. The van der Waals surface area contributed by atoms with Crippen LogP contribution in [0.2, 0.25) is 0 Å². The Labute approximate surface area is 107 Å². The SMILES string of the molecule is CCN(CC)C(C)(C)CC(C)(C=O)CN(C)C. The van der Waals surface area contributed by atoms with E-state index >= 15 is 0 Å². The van der Waals surface area contributed by atoms with Crippen LogP contribution in [0.15, 0.2) is 0 Å². The molecular weight excluding hydrogens is 212 g/mol. The summed E-state index contributed by atoms with van der Waals surface area (Å²) in [4.78, 5) is 15.9. The third-order valence-corrected chi connectivity index (χ3v) is 3.42. The first-order chi connectivity index (χ1) is 7.70. The van der Waals surface area contributed by atoms with Gasteiger partial charge in [-0.15, -0.1) is 0 Å². The Bertz CT molecular complexity index is 234. The molecule has 0 bridgehead atoms. The normalized spacial score (nSPS) is 16.3. The summed E-state index contributed by atoms with van der Waals surface area (Å²) in [5, 5.41) is 0. The number of nitrogens with zero attached hydrogens (tertiary/aromatic N) is 2. The number of aldehydes is 1. The molecule has 17 heavy (non-hydrogen) atoms. The maximum atomic E-state index is 11.4. The molecule has 1 unspecified atom stereocenters. The van der Waals surface area contributed by atoms with Gasteiger partial charge in [0.2, 0.25) is 0 Å². The minimum atomic E-state index is -0.268. The van der Waals surface area contributed by atoms with E-state index in [2.05, 4.69) is 44.4 Å². The van der Waals surface area contributed by atoms with Crippen molar-refractivity contribution in [3.63, 3.8) is 0 Å². The van der Waals surface area contributed by atoms with Crippen LogP contribution in [0.3, 0.4) is 0 Å². The molecule has 0 N–H and O–H groups in total. The van der Waals surface area contributed by atoms with Crippen molar-refractivity contribution in [1.29, 1.82) is 0 Å². The first kappa shape index (κ1) is 16.6. The van der Waals surface area contributed by atoms with Gasteiger partial charge in [-0.3, -0.25) is 4.90 Å². The number of rotatable bonds is 8. The average molecular weight is 242 g/mol. The van der Waals surface area contributed by atoms with Crippen LogP contribution in [0.5, 0.6) is 0 Å². The molecule has 3 nitrogen and oxygen atoms in total. The van der Waals surface area contributed by atoms with Crippen LogP contribution in [0, 0.1) is 5.41 Å². The molecule has 102 valence electrons. The molecule has 0 spiro atoms. The minimum absolute atomic E-state index is 0.0647. The summed E-state index contributed by atoms with van der Waals surface area (Å²) in [7, 11) is 4.04. The molecule has 0 aliphatic carbocycles. The highest BCUT2D eigenvalue weighted by Crippen LogP contribution is 2.31. The molecule has 0 saturated carbocycles. The Hall–Kier alpha value is -0.410. The summed E-state index contributed by atoms with van der Waals surface area (Å²) >= 11 is 0. The van der Waals surface area contributed by atoms with Gasteiger partial charge in [-0.1, -0.05) is 20.8 Å². The van der Waals surface area contributed by atoms with E-state index < -0.39 is 0 Å². The van der Waals surface area contributed by atoms with E-state index in [0.29, 0.717) is 0 Å². The Morgan fingerprint density at radius 3 is 1.82 bits per heavy atom. The Morgan fingerprint density at radius 1 is 1.06 bits per heavy atom. The van der Waals surface area contributed by atoms with Gasteiger partial charge in [0.1, 0.15) is 6.29 Å². The highest BCUT2D eigenvalue weighted by Gasteiger charge is 2.35. The largest absolute Gasteiger partial charge is 0.308 e. The van der Waals surface area contributed by atoms with E-state index in [9.17, 15) is 4.79 Å². The summed E-state index contributed by atoms with van der Waals surface area (Å²) in [5.41, 5.74) is -0.204. The van der Waals surface area contributed by atoms with E-state index in [4.69, 9.17) is 0 Å². The van der Waals surface area contributed by atoms with E-state index in [0.717, 1.165) is 32.3 Å². The number of hydrogen-bond donors (Lipinski definition) is 0. The molecule has 0 saturated heterocycles. The van der Waals surface area contributed by atoms with Crippen molar-refractivity contribution in [1.82, 2.24) is 9.80 Å². The maximum absolute atomic E-state index is 11.4. The van der Waals surface area contributed by atoms with Crippen molar-refractivity contribution in [2.75, 3.05) is 33.7 Å². The highest BCUT2D eigenvalue weighted by atomic mass is 16.1. The molecule has 1 atom stereocenters. The molecule has 0 aromatic carbocycles. The molecular formula is C14H30N2O. The van der Waals surface area contributed by atoms with Crippen molar-refractivity contribution in [3.05, 3.63) is 0 Å². The van der Waals surface area contributed by atoms with Crippen LogP contribution in [-0.4, -0.2) is 55.4 Å². The number of carbonyl (C=O) groups is 1. The van der Waals surface area contributed by atoms with Gasteiger partial charge in [0.15, 0.2) is 0 Å². The van der Waals surface area contributed by atoms with Crippen molar-refractivity contribution in [3.8, 4) is 0 Å². The van der Waals surface area contributed by atoms with Crippen LogP contribution in [0.25, 0.3) is 0 Å². The summed E-state index contributed by atoms with van der Waals surface area (Å²) in [5.74, 6) is 0. The van der Waals surface area contributed by atoms with E-state index in [1.165, 1.54) is 0 Å². The smallest absolute Gasteiger partial charge is 0.127 e. The molecule has 0 rings (SSSR count). The third kappa shape index (κ3) is 5.17. The Morgan fingerprint density at radius 2 is 1.53 bits per heavy atom. The van der Waals surface area contributed by atoms with Gasteiger partial charge in [-0.25, -0.2) is 0 Å². The monoisotopic (exact) mass is 242 g/mol. The zero-order valence-corrected chi connectivity index (χ0v) is 12.7. The molecule has 0 radical (unpaired) electrons. The molecule has 0 aliphatic rings. The first-order valence-corrected chi connectivity index (χ1v) is 6.57. The standard InChI is InChI=1S/C14H30N2O/c1-8-16(9-2)13(3,4)10-14(5,12-17)11-15(6)7/h12H,8-11H2,1-7H3. The molecule has 0 fully saturated rings. The zero-order valence-electron chi connectivity index (χ0n) is 12.7. The van der Waals surface area contributed by atoms with Gasteiger partial charge in [0.05, 0.1) is 0 Å². The molecule has 3 heteroatoms. The third-order valence-electron chi connectivity index (χ3n) is 3.42. The fraction of sp³-hybridized carbons (Fsp3) is 0.929. The molecule has 0 amide bonds. The molecule has 0 aliphatic heterocycles. The predicted octanol–water partition coefficient (Wildman–Crippen LogP) is 2.26. The average Bonchev–Trinajstić information content (AvgIpc) is 2.16. The lowest BCUT2D eigenvalue weighted by molar-refractivity contribution is -0.118. The fourth-order valence-corrected chi connectivity index (χ4v) is 3.04. The summed E-state index contributed by atoms with van der Waals surface area (Å²) in [6, 6.07) is 0. The second-order valence-corrected chi connectivity index (χ2v) is 6.17. The molecule has 0 aromatic heterocycles. The van der Waals surface area contributed by atoms with Gasteiger partial charge < -0.3 is 9.69 Å². The van der Waals surface area contributed by atoms with Crippen molar-refractivity contribution in [2.45, 2.75) is 46.6 Å². The van der Waals surface area contributed by atoms with Gasteiger partial charge in [-0.2, -0.15) is 0 Å². The summed E-state index contributed by atoms with van der Waals surface area (Å²) < 4.78 is 0. The maximum Gasteiger partial charge on any atom is 0.127 e. The number of carbonyl (C=O) groups excluding carboxylic acids is 1. The van der Waals surface area contributed by atoms with Crippen LogP contribution < -0.4 is 0 Å². The van der Waals surface area contributed by atoms with Gasteiger partial charge in [0.25, 0.3) is 0 Å². The number of hydrogen-bond acceptors (Lipinski definition) is 3. The van der Waals surface area contributed by atoms with Crippen LogP contribution >= 0.6 is 0 Å². The lowest BCUT2D eigenvalue weighted by atomic mass is 9.78. The highest BCUT2D eigenvalue weighted by molar-refractivity contribution is 5.59. The zero-order chi connectivity index (χ0) is 13.7. The quantitative estimate of drug-likeness (QED) is 0.610. The second kappa shape index (κ2) is 6.50. The van der Waals surface area contributed by atoms with E-state index in [-0.39, 0.29) is 11.0 Å². The van der Waals surface area contributed by atoms with Crippen molar-refractivity contribution in [2.24, 2.45) is 5.41 Å². The van der Waals surface area contributed by atoms with Gasteiger partial charge in [-0.05, 0) is 47.5 Å². The van der Waals surface area contributed by atoms with Gasteiger partial charge >= 0.3 is 0 Å². The van der Waals surface area contributed by atoms with Gasteiger partial charge in [0, 0.05) is 17.5 Å². The molecule has 0 heterocycles.